The number of ether oxygens (including phenoxy) is 2. The summed E-state index contributed by atoms with van der Waals surface area (Å²) in [5.41, 5.74) is 7.27. The fraction of sp³-hybridized carbons (Fsp3) is 0.625. The molecule has 0 saturated heterocycles. The molecule has 1 aromatic carbocycles. The summed E-state index contributed by atoms with van der Waals surface area (Å²) in [7, 11) is 0. The van der Waals surface area contributed by atoms with Crippen LogP contribution in [0.4, 0.5) is 0 Å². The quantitative estimate of drug-likeness (QED) is 0.819. The minimum absolute atomic E-state index is 0.0409. The topological polar surface area (TPSA) is 44.5 Å². The molecule has 1 saturated carbocycles. The second-order valence-corrected chi connectivity index (χ2v) is 5.26. The minimum atomic E-state index is -0.0409. The van der Waals surface area contributed by atoms with E-state index in [-0.39, 0.29) is 6.04 Å². The molecule has 0 aromatic heterocycles. The van der Waals surface area contributed by atoms with Crippen molar-refractivity contribution in [3.05, 3.63) is 29.8 Å². The number of hydrogen-bond acceptors (Lipinski definition) is 3. The molecule has 0 radical (unpaired) electrons. The first-order chi connectivity index (χ1) is 9.29. The highest BCUT2D eigenvalue weighted by Gasteiger charge is 2.17. The average Bonchev–Trinajstić information content (AvgIpc) is 2.96. The third kappa shape index (κ3) is 4.51. The van der Waals surface area contributed by atoms with Gasteiger partial charge in [-0.1, -0.05) is 31.9 Å². The van der Waals surface area contributed by atoms with Crippen LogP contribution in [0.2, 0.25) is 0 Å². The monoisotopic (exact) mass is 263 g/mol. The Morgan fingerprint density at radius 1 is 1.21 bits per heavy atom. The third-order valence-electron chi connectivity index (χ3n) is 3.59. The first kappa shape index (κ1) is 14.4. The van der Waals surface area contributed by atoms with E-state index in [1.807, 2.05) is 24.3 Å². The molecule has 2 N–H and O–H groups in total. The Hall–Kier alpha value is -1.06. The van der Waals surface area contributed by atoms with Crippen LogP contribution in [0.1, 0.15) is 50.6 Å². The van der Waals surface area contributed by atoms with Gasteiger partial charge < -0.3 is 15.2 Å². The Morgan fingerprint density at radius 3 is 2.53 bits per heavy atom. The number of rotatable bonds is 7. The lowest BCUT2D eigenvalue weighted by Gasteiger charge is -2.17. The highest BCUT2D eigenvalue weighted by atomic mass is 16.5. The van der Waals surface area contributed by atoms with Crippen molar-refractivity contribution in [2.75, 3.05) is 13.2 Å². The first-order valence-electron chi connectivity index (χ1n) is 7.39. The Kier molecular flexibility index (Phi) is 5.67. The van der Waals surface area contributed by atoms with Gasteiger partial charge in [0.1, 0.15) is 5.75 Å². The lowest BCUT2D eigenvalue weighted by molar-refractivity contribution is 0.0489. The van der Waals surface area contributed by atoms with Crippen molar-refractivity contribution in [2.24, 2.45) is 5.73 Å². The lowest BCUT2D eigenvalue weighted by atomic mass is 10.1. The summed E-state index contributed by atoms with van der Waals surface area (Å²) >= 11 is 0. The van der Waals surface area contributed by atoms with E-state index >= 15 is 0 Å². The van der Waals surface area contributed by atoms with Gasteiger partial charge in [-0.15, -0.1) is 0 Å². The highest BCUT2D eigenvalue weighted by Crippen LogP contribution is 2.23. The summed E-state index contributed by atoms with van der Waals surface area (Å²) in [6.07, 6.45) is 6.43. The molecular weight excluding hydrogens is 238 g/mol. The zero-order valence-corrected chi connectivity index (χ0v) is 11.8. The largest absolute Gasteiger partial charge is 0.494 e. The first-order valence-corrected chi connectivity index (χ1v) is 7.39. The smallest absolute Gasteiger partial charge is 0.119 e. The number of hydrogen-bond donors (Lipinski definition) is 1. The van der Waals surface area contributed by atoms with Crippen molar-refractivity contribution in [1.29, 1.82) is 0 Å². The average molecular weight is 263 g/mol. The van der Waals surface area contributed by atoms with E-state index < -0.39 is 0 Å². The van der Waals surface area contributed by atoms with E-state index in [9.17, 15) is 0 Å². The SMILES string of the molecule is CCCOc1ccc(C(N)COC2CCCC2)cc1. The van der Waals surface area contributed by atoms with Crippen LogP contribution in [0.15, 0.2) is 24.3 Å². The van der Waals surface area contributed by atoms with Crippen molar-refractivity contribution in [2.45, 2.75) is 51.2 Å². The molecule has 1 unspecified atom stereocenters. The van der Waals surface area contributed by atoms with Gasteiger partial charge in [0.15, 0.2) is 0 Å². The Morgan fingerprint density at radius 2 is 1.89 bits per heavy atom. The Balaban J connectivity index is 1.79. The minimum Gasteiger partial charge on any atom is -0.494 e. The van der Waals surface area contributed by atoms with Gasteiger partial charge in [0.05, 0.1) is 25.4 Å². The normalized spacial score (nSPS) is 17.6. The fourth-order valence-corrected chi connectivity index (χ4v) is 2.42. The molecule has 1 aromatic rings. The maximum absolute atomic E-state index is 6.16. The molecular formula is C16H25NO2. The molecule has 1 aliphatic rings. The van der Waals surface area contributed by atoms with Gasteiger partial charge in [-0.05, 0) is 37.0 Å². The van der Waals surface area contributed by atoms with Gasteiger partial charge >= 0.3 is 0 Å². The van der Waals surface area contributed by atoms with Crippen LogP contribution in [0.5, 0.6) is 5.75 Å². The molecule has 0 bridgehead atoms. The lowest BCUT2D eigenvalue weighted by Crippen LogP contribution is -2.20. The van der Waals surface area contributed by atoms with E-state index in [0.717, 1.165) is 24.3 Å². The molecule has 3 heteroatoms. The maximum atomic E-state index is 6.16. The van der Waals surface area contributed by atoms with Crippen molar-refractivity contribution in [3.63, 3.8) is 0 Å². The van der Waals surface area contributed by atoms with Crippen LogP contribution >= 0.6 is 0 Å². The maximum Gasteiger partial charge on any atom is 0.119 e. The molecule has 1 atom stereocenters. The summed E-state index contributed by atoms with van der Waals surface area (Å²) in [5, 5.41) is 0. The summed E-state index contributed by atoms with van der Waals surface area (Å²) in [5.74, 6) is 0.912. The van der Waals surface area contributed by atoms with Gasteiger partial charge in [0, 0.05) is 0 Å². The summed E-state index contributed by atoms with van der Waals surface area (Å²) in [4.78, 5) is 0. The van der Waals surface area contributed by atoms with Gasteiger partial charge in [0.2, 0.25) is 0 Å². The second kappa shape index (κ2) is 7.51. The van der Waals surface area contributed by atoms with Gasteiger partial charge in [-0.3, -0.25) is 0 Å². The van der Waals surface area contributed by atoms with E-state index in [4.69, 9.17) is 15.2 Å². The molecule has 0 spiro atoms. The van der Waals surface area contributed by atoms with Crippen LogP contribution in [-0.4, -0.2) is 19.3 Å². The van der Waals surface area contributed by atoms with Crippen molar-refractivity contribution < 1.29 is 9.47 Å². The molecule has 1 fully saturated rings. The molecule has 0 amide bonds. The van der Waals surface area contributed by atoms with Crippen LogP contribution in [0, 0.1) is 0 Å². The molecule has 0 heterocycles. The highest BCUT2D eigenvalue weighted by molar-refractivity contribution is 5.29. The van der Waals surface area contributed by atoms with Gasteiger partial charge in [-0.25, -0.2) is 0 Å². The second-order valence-electron chi connectivity index (χ2n) is 5.26. The summed E-state index contributed by atoms with van der Waals surface area (Å²) in [6.45, 7) is 3.47. The molecule has 0 aliphatic heterocycles. The Bertz CT molecular complexity index is 358. The standard InChI is InChI=1S/C16H25NO2/c1-2-11-18-15-9-7-13(8-10-15)16(17)12-19-14-5-3-4-6-14/h7-10,14,16H,2-6,11-12,17H2,1H3. The van der Waals surface area contributed by atoms with E-state index in [2.05, 4.69) is 6.92 Å². The zero-order chi connectivity index (χ0) is 13.5. The molecule has 3 nitrogen and oxygen atoms in total. The van der Waals surface area contributed by atoms with E-state index in [1.165, 1.54) is 25.7 Å². The van der Waals surface area contributed by atoms with Crippen molar-refractivity contribution in [1.82, 2.24) is 0 Å². The van der Waals surface area contributed by atoms with Crippen LogP contribution in [0.3, 0.4) is 0 Å². The van der Waals surface area contributed by atoms with Crippen molar-refractivity contribution in [3.8, 4) is 5.75 Å². The number of benzene rings is 1. The predicted molar refractivity (Wildman–Crippen MR) is 77.4 cm³/mol. The zero-order valence-electron chi connectivity index (χ0n) is 11.8. The van der Waals surface area contributed by atoms with E-state index in [1.54, 1.807) is 0 Å². The summed E-state index contributed by atoms with van der Waals surface area (Å²) < 4.78 is 11.4. The Labute approximate surface area is 116 Å². The third-order valence-corrected chi connectivity index (χ3v) is 3.59. The van der Waals surface area contributed by atoms with Crippen LogP contribution in [0.25, 0.3) is 0 Å². The molecule has 106 valence electrons. The van der Waals surface area contributed by atoms with Crippen LogP contribution < -0.4 is 10.5 Å². The van der Waals surface area contributed by atoms with Crippen LogP contribution in [-0.2, 0) is 4.74 Å². The summed E-state index contributed by atoms with van der Waals surface area (Å²) in [6, 6.07) is 8.00. The molecule has 2 rings (SSSR count). The van der Waals surface area contributed by atoms with E-state index in [0.29, 0.717) is 12.7 Å². The number of nitrogens with two attached hydrogens (primary N) is 1. The molecule has 1 aliphatic carbocycles. The molecule has 19 heavy (non-hydrogen) atoms. The van der Waals surface area contributed by atoms with Crippen molar-refractivity contribution >= 4 is 0 Å². The van der Waals surface area contributed by atoms with Gasteiger partial charge in [-0.2, -0.15) is 0 Å². The fourth-order valence-electron chi connectivity index (χ4n) is 2.42. The predicted octanol–water partition coefficient (Wildman–Crippen LogP) is 3.43. The van der Waals surface area contributed by atoms with Gasteiger partial charge in [0.25, 0.3) is 0 Å².